The van der Waals surface area contributed by atoms with Crippen LogP contribution in [-0.4, -0.2) is 36.9 Å². The van der Waals surface area contributed by atoms with Crippen molar-refractivity contribution >= 4 is 23.2 Å². The number of benzene rings is 3. The molecule has 164 valence electrons. The van der Waals surface area contributed by atoms with Gasteiger partial charge in [0.1, 0.15) is 0 Å². The molecule has 8 nitrogen and oxygen atoms in total. The van der Waals surface area contributed by atoms with Crippen molar-refractivity contribution < 1.29 is 19.2 Å². The first kappa shape index (κ1) is 22.5. The van der Waals surface area contributed by atoms with E-state index < -0.39 is 17.4 Å². The summed E-state index contributed by atoms with van der Waals surface area (Å²) in [6, 6.07) is 22.4. The van der Waals surface area contributed by atoms with Gasteiger partial charge in [-0.3, -0.25) is 19.7 Å². The number of nitrogens with one attached hydrogen (secondary N) is 1. The van der Waals surface area contributed by atoms with Crippen LogP contribution in [0.2, 0.25) is 0 Å². The third kappa shape index (κ3) is 5.69. The third-order valence-electron chi connectivity index (χ3n) is 4.84. The van der Waals surface area contributed by atoms with Crippen LogP contribution in [0.25, 0.3) is 0 Å². The Hall–Kier alpha value is -4.20. The van der Waals surface area contributed by atoms with Crippen LogP contribution in [-0.2, 0) is 11.2 Å². The first-order valence-electron chi connectivity index (χ1n) is 10.0. The summed E-state index contributed by atoms with van der Waals surface area (Å²) in [4.78, 5) is 37.2. The second-order valence-corrected chi connectivity index (χ2v) is 6.97. The summed E-state index contributed by atoms with van der Waals surface area (Å²) in [5.41, 5.74) is 1.66. The number of para-hydroxylation sites is 3. The Balaban J connectivity index is 1.64. The predicted molar refractivity (Wildman–Crippen MR) is 121 cm³/mol. The Morgan fingerprint density at radius 1 is 0.969 bits per heavy atom. The number of nitro benzene ring substituents is 1. The van der Waals surface area contributed by atoms with Gasteiger partial charge in [-0.05, 0) is 30.2 Å². The summed E-state index contributed by atoms with van der Waals surface area (Å²) in [6.45, 7) is 0.0426. The lowest BCUT2D eigenvalue weighted by molar-refractivity contribution is -0.385. The van der Waals surface area contributed by atoms with Gasteiger partial charge in [-0.25, -0.2) is 0 Å². The van der Waals surface area contributed by atoms with Crippen molar-refractivity contribution in [3.8, 4) is 5.75 Å². The van der Waals surface area contributed by atoms with Crippen molar-refractivity contribution in [1.29, 1.82) is 0 Å². The lowest BCUT2D eigenvalue weighted by Gasteiger charge is -2.20. The Kier molecular flexibility index (Phi) is 7.53. The molecule has 0 radical (unpaired) electrons. The van der Waals surface area contributed by atoms with Crippen LogP contribution in [0.15, 0.2) is 78.9 Å². The van der Waals surface area contributed by atoms with E-state index in [1.54, 1.807) is 30.3 Å². The van der Waals surface area contributed by atoms with E-state index in [1.807, 2.05) is 30.3 Å². The summed E-state index contributed by atoms with van der Waals surface area (Å²) in [6.07, 6.45) is 0.688. The number of nitrogens with zero attached hydrogens (tertiary/aromatic N) is 2. The average Bonchev–Trinajstić information content (AvgIpc) is 2.82. The summed E-state index contributed by atoms with van der Waals surface area (Å²) in [5, 5.41) is 14.0. The Bertz CT molecular complexity index is 1100. The smallest absolute Gasteiger partial charge is 0.310 e. The van der Waals surface area contributed by atoms with Gasteiger partial charge in [-0.2, -0.15) is 0 Å². The monoisotopic (exact) mass is 433 g/mol. The molecule has 8 heteroatoms. The molecule has 0 atom stereocenters. The largest absolute Gasteiger partial charge is 0.477 e. The topological polar surface area (TPSA) is 102 Å². The van der Waals surface area contributed by atoms with Crippen molar-refractivity contribution in [2.45, 2.75) is 6.42 Å². The van der Waals surface area contributed by atoms with Crippen molar-refractivity contribution in [3.05, 3.63) is 100 Å². The van der Waals surface area contributed by atoms with Gasteiger partial charge in [-0.15, -0.1) is 0 Å². The third-order valence-corrected chi connectivity index (χ3v) is 4.84. The van der Waals surface area contributed by atoms with Gasteiger partial charge in [-0.1, -0.05) is 54.6 Å². The quantitative estimate of drug-likeness (QED) is 0.410. The SMILES string of the molecule is CN(C(=O)COc1ccccc1[N+](=O)[O-])c1ccccc1C(=O)NCCc1ccccc1. The molecule has 0 heterocycles. The van der Waals surface area contributed by atoms with Crippen LogP contribution in [0, 0.1) is 10.1 Å². The van der Waals surface area contributed by atoms with E-state index >= 15 is 0 Å². The molecule has 0 saturated heterocycles. The molecule has 0 bridgehead atoms. The van der Waals surface area contributed by atoms with Gasteiger partial charge in [0.05, 0.1) is 16.2 Å². The summed E-state index contributed by atoms with van der Waals surface area (Å²) in [5.74, 6) is -0.741. The van der Waals surface area contributed by atoms with Crippen molar-refractivity contribution in [3.63, 3.8) is 0 Å². The van der Waals surface area contributed by atoms with Crippen molar-refractivity contribution in [1.82, 2.24) is 5.32 Å². The molecular formula is C24H23N3O5. The van der Waals surface area contributed by atoms with Crippen LogP contribution in [0.4, 0.5) is 11.4 Å². The molecule has 0 aliphatic carbocycles. The summed E-state index contributed by atoms with van der Waals surface area (Å²) < 4.78 is 5.38. The Morgan fingerprint density at radius 2 is 1.62 bits per heavy atom. The van der Waals surface area contributed by atoms with Gasteiger partial charge in [0.2, 0.25) is 0 Å². The zero-order chi connectivity index (χ0) is 22.9. The molecule has 3 aromatic carbocycles. The number of ether oxygens (including phenoxy) is 1. The highest BCUT2D eigenvalue weighted by Crippen LogP contribution is 2.26. The lowest BCUT2D eigenvalue weighted by Crippen LogP contribution is -2.34. The lowest BCUT2D eigenvalue weighted by atomic mass is 10.1. The van der Waals surface area contributed by atoms with Crippen LogP contribution in [0.1, 0.15) is 15.9 Å². The van der Waals surface area contributed by atoms with Crippen LogP contribution in [0.5, 0.6) is 5.75 Å². The molecule has 0 aliphatic heterocycles. The molecule has 0 spiro atoms. The molecule has 2 amide bonds. The van der Waals surface area contributed by atoms with E-state index in [-0.39, 0.29) is 17.3 Å². The Morgan fingerprint density at radius 3 is 2.38 bits per heavy atom. The first-order chi connectivity index (χ1) is 15.5. The second-order valence-electron chi connectivity index (χ2n) is 6.97. The minimum Gasteiger partial charge on any atom is -0.477 e. The minimum atomic E-state index is -0.571. The van der Waals surface area contributed by atoms with E-state index in [0.717, 1.165) is 5.56 Å². The summed E-state index contributed by atoms with van der Waals surface area (Å²) in [7, 11) is 1.53. The number of rotatable bonds is 9. The maximum Gasteiger partial charge on any atom is 0.310 e. The summed E-state index contributed by atoms with van der Waals surface area (Å²) >= 11 is 0. The number of carbonyl (C=O) groups is 2. The zero-order valence-corrected chi connectivity index (χ0v) is 17.6. The fourth-order valence-corrected chi connectivity index (χ4v) is 3.12. The van der Waals surface area contributed by atoms with E-state index in [0.29, 0.717) is 24.2 Å². The number of hydrogen-bond acceptors (Lipinski definition) is 5. The molecule has 0 fully saturated rings. The highest BCUT2D eigenvalue weighted by Gasteiger charge is 2.20. The first-order valence-corrected chi connectivity index (χ1v) is 10.0. The molecular weight excluding hydrogens is 410 g/mol. The van der Waals surface area contributed by atoms with Gasteiger partial charge < -0.3 is 15.0 Å². The number of anilines is 1. The second kappa shape index (κ2) is 10.7. The van der Waals surface area contributed by atoms with Gasteiger partial charge >= 0.3 is 5.69 Å². The zero-order valence-electron chi connectivity index (χ0n) is 17.6. The number of amides is 2. The normalized spacial score (nSPS) is 10.3. The van der Waals surface area contributed by atoms with E-state index in [9.17, 15) is 19.7 Å². The van der Waals surface area contributed by atoms with Crippen LogP contribution >= 0.6 is 0 Å². The van der Waals surface area contributed by atoms with E-state index in [1.165, 1.54) is 30.1 Å². The Labute approximate surface area is 185 Å². The number of carbonyl (C=O) groups excluding carboxylic acids is 2. The van der Waals surface area contributed by atoms with E-state index in [4.69, 9.17) is 4.74 Å². The van der Waals surface area contributed by atoms with E-state index in [2.05, 4.69) is 5.32 Å². The molecule has 0 saturated carbocycles. The maximum atomic E-state index is 12.7. The molecule has 3 rings (SSSR count). The minimum absolute atomic E-state index is 0.00573. The molecule has 0 aromatic heterocycles. The van der Waals surface area contributed by atoms with Crippen molar-refractivity contribution in [2.24, 2.45) is 0 Å². The number of hydrogen-bond donors (Lipinski definition) is 1. The molecule has 1 N–H and O–H groups in total. The average molecular weight is 433 g/mol. The highest BCUT2D eigenvalue weighted by molar-refractivity contribution is 6.04. The highest BCUT2D eigenvalue weighted by atomic mass is 16.6. The van der Waals surface area contributed by atoms with Gasteiger partial charge in [0.25, 0.3) is 11.8 Å². The number of nitro groups is 1. The fraction of sp³-hybridized carbons (Fsp3) is 0.167. The molecule has 3 aromatic rings. The van der Waals surface area contributed by atoms with Crippen molar-refractivity contribution in [2.75, 3.05) is 25.1 Å². The fourth-order valence-electron chi connectivity index (χ4n) is 3.12. The van der Waals surface area contributed by atoms with Gasteiger partial charge in [0.15, 0.2) is 12.4 Å². The standard InChI is InChI=1S/C24H23N3O5/c1-26(23(28)17-32-22-14-8-7-13-21(22)27(30)31)20-12-6-5-11-19(20)24(29)25-16-15-18-9-3-2-4-10-18/h2-14H,15-17H2,1H3,(H,25,29). The van der Waals surface area contributed by atoms with Crippen LogP contribution < -0.4 is 15.0 Å². The predicted octanol–water partition coefficient (Wildman–Crippen LogP) is 3.61. The van der Waals surface area contributed by atoms with Gasteiger partial charge in [0, 0.05) is 19.7 Å². The van der Waals surface area contributed by atoms with Crippen LogP contribution in [0.3, 0.4) is 0 Å². The molecule has 32 heavy (non-hydrogen) atoms. The maximum absolute atomic E-state index is 12.7. The number of likely N-dealkylation sites (N-methyl/N-ethyl adjacent to an activating group) is 1. The molecule has 0 aliphatic rings. The molecule has 0 unspecified atom stereocenters.